The molecule has 0 aromatic heterocycles. The highest BCUT2D eigenvalue weighted by atomic mass is 16.1. The molecule has 1 amide bonds. The van der Waals surface area contributed by atoms with Crippen LogP contribution in [0.1, 0.15) is 6.42 Å². The fourth-order valence-electron chi connectivity index (χ4n) is 0.596. The van der Waals surface area contributed by atoms with E-state index in [0.29, 0.717) is 13.0 Å². The van der Waals surface area contributed by atoms with Gasteiger partial charge < -0.3 is 16.8 Å². The zero-order chi connectivity index (χ0) is 7.28. The normalized spacial score (nSPS) is 13.1. The molecule has 0 aliphatic carbocycles. The summed E-state index contributed by atoms with van der Waals surface area (Å²) < 4.78 is 0. The molecule has 9 heavy (non-hydrogen) atoms. The largest absolute Gasteiger partial charge is 0.368 e. The van der Waals surface area contributed by atoms with E-state index >= 15 is 0 Å². The first-order valence-electron chi connectivity index (χ1n) is 2.89. The molecule has 0 radical (unpaired) electrons. The molecule has 0 spiro atoms. The van der Waals surface area contributed by atoms with Crippen molar-refractivity contribution in [3.05, 3.63) is 0 Å². The molecule has 0 fully saturated rings. The number of primary amides is 1. The molecule has 4 nitrogen and oxygen atoms in total. The lowest BCUT2D eigenvalue weighted by molar-refractivity contribution is -0.120. The third-order valence-electron chi connectivity index (χ3n) is 1.15. The smallest absolute Gasteiger partial charge is 0.234 e. The molecule has 0 aliphatic heterocycles. The lowest BCUT2D eigenvalue weighted by Crippen LogP contribution is -2.40. The summed E-state index contributed by atoms with van der Waals surface area (Å²) in [6.45, 7) is 0.481. The monoisotopic (exact) mass is 131 g/mol. The third-order valence-corrected chi connectivity index (χ3v) is 1.15. The van der Waals surface area contributed by atoms with Crippen molar-refractivity contribution >= 4 is 5.91 Å². The molecule has 0 bridgehead atoms. The van der Waals surface area contributed by atoms with Crippen LogP contribution in [0, 0.1) is 0 Å². The molecule has 0 aromatic rings. The quantitative estimate of drug-likeness (QED) is 0.430. The predicted molar refractivity (Wildman–Crippen MR) is 35.7 cm³/mol. The van der Waals surface area contributed by atoms with Gasteiger partial charge in [-0.15, -0.1) is 0 Å². The van der Waals surface area contributed by atoms with Crippen LogP contribution in [0.5, 0.6) is 0 Å². The van der Waals surface area contributed by atoms with Gasteiger partial charge in [-0.1, -0.05) is 0 Å². The standard InChI is InChI=1S/C5H13N3O/c1-8-4(2-3-6)5(7)9/h4,8H,2-3,6H2,1H3,(H2,7,9). The highest BCUT2D eigenvalue weighted by Crippen LogP contribution is 1.84. The van der Waals surface area contributed by atoms with E-state index < -0.39 is 0 Å². The number of nitrogens with one attached hydrogen (secondary N) is 1. The minimum Gasteiger partial charge on any atom is -0.368 e. The zero-order valence-corrected chi connectivity index (χ0v) is 5.55. The van der Waals surface area contributed by atoms with E-state index in [2.05, 4.69) is 5.32 Å². The van der Waals surface area contributed by atoms with E-state index in [-0.39, 0.29) is 11.9 Å². The summed E-state index contributed by atoms with van der Waals surface area (Å²) in [5.74, 6) is -0.344. The number of rotatable bonds is 4. The molecule has 0 rings (SSSR count). The Hall–Kier alpha value is -0.610. The summed E-state index contributed by atoms with van der Waals surface area (Å²) in [4.78, 5) is 10.4. The summed E-state index contributed by atoms with van der Waals surface area (Å²) in [7, 11) is 1.69. The van der Waals surface area contributed by atoms with Gasteiger partial charge in [-0.3, -0.25) is 4.79 Å². The van der Waals surface area contributed by atoms with Gasteiger partial charge >= 0.3 is 0 Å². The molecule has 54 valence electrons. The van der Waals surface area contributed by atoms with E-state index in [1.54, 1.807) is 7.05 Å². The first-order valence-corrected chi connectivity index (χ1v) is 2.89. The number of carbonyl (C=O) groups excluding carboxylic acids is 1. The van der Waals surface area contributed by atoms with Crippen LogP contribution in [0.15, 0.2) is 0 Å². The summed E-state index contributed by atoms with van der Waals surface area (Å²) in [6.07, 6.45) is 0.603. The summed E-state index contributed by atoms with van der Waals surface area (Å²) >= 11 is 0. The molecule has 0 aliphatic rings. The van der Waals surface area contributed by atoms with Crippen LogP contribution in [-0.4, -0.2) is 25.5 Å². The Labute approximate surface area is 54.6 Å². The van der Waals surface area contributed by atoms with Crippen molar-refractivity contribution in [3.8, 4) is 0 Å². The Morgan fingerprint density at radius 3 is 2.44 bits per heavy atom. The average Bonchev–Trinajstić information content (AvgIpc) is 1.82. The Morgan fingerprint density at radius 2 is 2.33 bits per heavy atom. The van der Waals surface area contributed by atoms with Crippen molar-refractivity contribution in [3.63, 3.8) is 0 Å². The number of nitrogens with two attached hydrogens (primary N) is 2. The van der Waals surface area contributed by atoms with E-state index in [0.717, 1.165) is 0 Å². The lowest BCUT2D eigenvalue weighted by Gasteiger charge is -2.08. The number of carbonyl (C=O) groups is 1. The van der Waals surface area contributed by atoms with E-state index in [4.69, 9.17) is 11.5 Å². The van der Waals surface area contributed by atoms with Crippen molar-refractivity contribution in [2.75, 3.05) is 13.6 Å². The van der Waals surface area contributed by atoms with Crippen molar-refractivity contribution in [2.24, 2.45) is 11.5 Å². The van der Waals surface area contributed by atoms with Crippen LogP contribution in [0.4, 0.5) is 0 Å². The number of hydrogen-bond acceptors (Lipinski definition) is 3. The third kappa shape index (κ3) is 3.05. The van der Waals surface area contributed by atoms with E-state index in [1.165, 1.54) is 0 Å². The highest BCUT2D eigenvalue weighted by Gasteiger charge is 2.09. The summed E-state index contributed by atoms with van der Waals surface area (Å²) in [6, 6.07) is -0.269. The van der Waals surface area contributed by atoms with Crippen LogP contribution in [0.3, 0.4) is 0 Å². The van der Waals surface area contributed by atoms with Gasteiger partial charge in [0.25, 0.3) is 0 Å². The highest BCUT2D eigenvalue weighted by molar-refractivity contribution is 5.79. The van der Waals surface area contributed by atoms with Gasteiger partial charge in [-0.05, 0) is 20.0 Å². The lowest BCUT2D eigenvalue weighted by atomic mass is 10.2. The predicted octanol–water partition coefficient (Wildman–Crippen LogP) is -1.59. The van der Waals surface area contributed by atoms with Crippen LogP contribution in [0.2, 0.25) is 0 Å². The van der Waals surface area contributed by atoms with Crippen LogP contribution < -0.4 is 16.8 Å². The fourth-order valence-corrected chi connectivity index (χ4v) is 0.596. The molecule has 4 heteroatoms. The maximum absolute atomic E-state index is 10.4. The first-order chi connectivity index (χ1) is 4.22. The molecule has 0 aromatic carbocycles. The van der Waals surface area contributed by atoms with Crippen molar-refractivity contribution < 1.29 is 4.79 Å². The zero-order valence-electron chi connectivity index (χ0n) is 5.55. The maximum Gasteiger partial charge on any atom is 0.234 e. The Bertz CT molecular complexity index is 94.2. The van der Waals surface area contributed by atoms with Crippen molar-refractivity contribution in [1.82, 2.24) is 5.32 Å². The van der Waals surface area contributed by atoms with Crippen LogP contribution in [-0.2, 0) is 4.79 Å². The van der Waals surface area contributed by atoms with Crippen LogP contribution in [0.25, 0.3) is 0 Å². The number of likely N-dealkylation sites (N-methyl/N-ethyl adjacent to an activating group) is 1. The van der Waals surface area contributed by atoms with Crippen molar-refractivity contribution in [1.29, 1.82) is 0 Å². The summed E-state index contributed by atoms with van der Waals surface area (Å²) in [5, 5.41) is 2.75. The maximum atomic E-state index is 10.4. The van der Waals surface area contributed by atoms with E-state index in [9.17, 15) is 4.79 Å². The SMILES string of the molecule is CNC(CCN)C(N)=O. The second kappa shape index (κ2) is 4.29. The minimum atomic E-state index is -0.344. The molecular weight excluding hydrogens is 118 g/mol. The van der Waals surface area contributed by atoms with Gasteiger partial charge in [0.1, 0.15) is 0 Å². The first kappa shape index (κ1) is 8.39. The van der Waals surface area contributed by atoms with Gasteiger partial charge in [-0.25, -0.2) is 0 Å². The topological polar surface area (TPSA) is 81.1 Å². The van der Waals surface area contributed by atoms with E-state index in [1.807, 2.05) is 0 Å². The van der Waals surface area contributed by atoms with Gasteiger partial charge in [0.05, 0.1) is 6.04 Å². The van der Waals surface area contributed by atoms with Crippen LogP contribution >= 0.6 is 0 Å². The second-order valence-corrected chi connectivity index (χ2v) is 1.82. The Kier molecular flexibility index (Phi) is 4.00. The average molecular weight is 131 g/mol. The second-order valence-electron chi connectivity index (χ2n) is 1.82. The molecule has 5 N–H and O–H groups in total. The van der Waals surface area contributed by atoms with Gasteiger partial charge in [-0.2, -0.15) is 0 Å². The van der Waals surface area contributed by atoms with Gasteiger partial charge in [0, 0.05) is 0 Å². The summed E-state index contributed by atoms with van der Waals surface area (Å²) in [5.41, 5.74) is 10.2. The van der Waals surface area contributed by atoms with Gasteiger partial charge in [0.15, 0.2) is 0 Å². The van der Waals surface area contributed by atoms with Gasteiger partial charge in [0.2, 0.25) is 5.91 Å². The molecule has 0 heterocycles. The molecule has 1 atom stereocenters. The van der Waals surface area contributed by atoms with Crippen molar-refractivity contribution in [2.45, 2.75) is 12.5 Å². The number of hydrogen-bond donors (Lipinski definition) is 3. The fraction of sp³-hybridized carbons (Fsp3) is 0.800. The Morgan fingerprint density at radius 1 is 1.78 bits per heavy atom. The molecular formula is C5H13N3O. The molecule has 1 unspecified atom stereocenters. The Balaban J connectivity index is 3.54. The molecule has 0 saturated heterocycles. The minimum absolute atomic E-state index is 0.269. The number of amides is 1. The molecule has 0 saturated carbocycles.